The summed E-state index contributed by atoms with van der Waals surface area (Å²) in [7, 11) is 3.11. The summed E-state index contributed by atoms with van der Waals surface area (Å²) in [5.41, 5.74) is 2.22. The van der Waals surface area contributed by atoms with Gasteiger partial charge in [0, 0.05) is 25.9 Å². The Morgan fingerprint density at radius 1 is 1.06 bits per heavy atom. The Hall–Kier alpha value is -3.88. The van der Waals surface area contributed by atoms with Gasteiger partial charge in [0.2, 0.25) is 5.96 Å². The van der Waals surface area contributed by atoms with E-state index in [9.17, 15) is 14.0 Å². The van der Waals surface area contributed by atoms with Gasteiger partial charge in [-0.3, -0.25) is 19.5 Å². The van der Waals surface area contributed by atoms with Crippen molar-refractivity contribution in [2.24, 2.45) is 4.99 Å². The lowest BCUT2D eigenvalue weighted by Gasteiger charge is -2.38. The number of carbonyl (C=O) groups excluding carboxylic acids is 2. The van der Waals surface area contributed by atoms with Crippen LogP contribution in [0.4, 0.5) is 14.9 Å². The number of amides is 3. The van der Waals surface area contributed by atoms with Crippen LogP contribution in [0.25, 0.3) is 5.70 Å². The Morgan fingerprint density at radius 2 is 1.78 bits per heavy atom. The highest BCUT2D eigenvalue weighted by atomic mass is 19.1. The van der Waals surface area contributed by atoms with Crippen LogP contribution in [0.1, 0.15) is 12.5 Å². The molecule has 5 rings (SSSR count). The Balaban J connectivity index is 1.67. The van der Waals surface area contributed by atoms with Crippen LogP contribution in [0.2, 0.25) is 0 Å². The Morgan fingerprint density at radius 3 is 2.50 bits per heavy atom. The zero-order valence-corrected chi connectivity index (χ0v) is 17.9. The molecule has 0 aliphatic carbocycles. The van der Waals surface area contributed by atoms with Crippen molar-refractivity contribution in [3.63, 3.8) is 0 Å². The second kappa shape index (κ2) is 7.37. The van der Waals surface area contributed by atoms with Crippen molar-refractivity contribution >= 4 is 29.3 Å². The molecule has 3 aliphatic rings. The molecule has 3 heterocycles. The van der Waals surface area contributed by atoms with Crippen LogP contribution in [-0.4, -0.2) is 65.5 Å². The van der Waals surface area contributed by atoms with Gasteiger partial charge < -0.3 is 9.64 Å². The summed E-state index contributed by atoms with van der Waals surface area (Å²) in [6.07, 6.45) is 1.18. The van der Waals surface area contributed by atoms with E-state index in [-0.39, 0.29) is 11.7 Å². The predicted molar refractivity (Wildman–Crippen MR) is 117 cm³/mol. The van der Waals surface area contributed by atoms with Gasteiger partial charge in [0.05, 0.1) is 18.0 Å². The van der Waals surface area contributed by atoms with Gasteiger partial charge in [-0.2, -0.15) is 0 Å². The Kier molecular flexibility index (Phi) is 4.61. The van der Waals surface area contributed by atoms with Crippen LogP contribution >= 0.6 is 0 Å². The van der Waals surface area contributed by atoms with Crippen LogP contribution in [0.5, 0.6) is 5.75 Å². The van der Waals surface area contributed by atoms with E-state index in [1.54, 1.807) is 24.1 Å². The lowest BCUT2D eigenvalue weighted by atomic mass is 10.1. The Bertz CT molecular complexity index is 1160. The molecule has 32 heavy (non-hydrogen) atoms. The standard InChI is InChI=1S/C23H22FN5O3/c1-4-32-18-8-6-5-7-16(18)29-17(14-9-11-15(24)12-10-14)13-28-19-20(25-22(28)29)26(2)23(31)27(3)21(19)30/h5-13,19-20H,4H2,1-3H3. The van der Waals surface area contributed by atoms with E-state index < -0.39 is 18.2 Å². The molecule has 2 aromatic rings. The molecule has 0 saturated carbocycles. The van der Waals surface area contributed by atoms with E-state index >= 15 is 0 Å². The zero-order valence-electron chi connectivity index (χ0n) is 17.9. The van der Waals surface area contributed by atoms with Gasteiger partial charge in [-0.1, -0.05) is 12.1 Å². The molecule has 2 atom stereocenters. The van der Waals surface area contributed by atoms with Crippen molar-refractivity contribution in [3.05, 3.63) is 66.1 Å². The summed E-state index contributed by atoms with van der Waals surface area (Å²) in [5.74, 6) is 0.493. The van der Waals surface area contributed by atoms with Gasteiger partial charge in [0.25, 0.3) is 5.91 Å². The third kappa shape index (κ3) is 2.84. The van der Waals surface area contributed by atoms with E-state index in [1.807, 2.05) is 42.3 Å². The van der Waals surface area contributed by atoms with Crippen LogP contribution in [-0.2, 0) is 4.79 Å². The molecule has 3 aliphatic heterocycles. The normalized spacial score (nSPS) is 22.1. The van der Waals surface area contributed by atoms with Crippen LogP contribution in [0.15, 0.2) is 59.7 Å². The molecule has 0 spiro atoms. The molecule has 0 bridgehead atoms. The monoisotopic (exact) mass is 435 g/mol. The summed E-state index contributed by atoms with van der Waals surface area (Å²) < 4.78 is 19.5. The predicted octanol–water partition coefficient (Wildman–Crippen LogP) is 2.93. The average molecular weight is 435 g/mol. The van der Waals surface area contributed by atoms with Crippen molar-refractivity contribution < 1.29 is 18.7 Å². The van der Waals surface area contributed by atoms with E-state index in [0.29, 0.717) is 18.3 Å². The highest BCUT2D eigenvalue weighted by molar-refractivity contribution is 6.16. The first-order chi connectivity index (χ1) is 15.4. The molecule has 164 valence electrons. The molecule has 0 radical (unpaired) electrons. The summed E-state index contributed by atoms with van der Waals surface area (Å²) >= 11 is 0. The average Bonchev–Trinajstić information content (AvgIpc) is 3.34. The maximum atomic E-state index is 13.6. The number of fused-ring (bicyclic) bond motifs is 3. The third-order valence-corrected chi connectivity index (χ3v) is 5.88. The molecule has 2 unspecified atom stereocenters. The van der Waals surface area contributed by atoms with Gasteiger partial charge >= 0.3 is 6.03 Å². The zero-order chi connectivity index (χ0) is 22.6. The molecule has 1 saturated heterocycles. The first-order valence-electron chi connectivity index (χ1n) is 10.3. The van der Waals surface area contributed by atoms with E-state index in [1.165, 1.54) is 24.1 Å². The molecular weight excluding hydrogens is 413 g/mol. The summed E-state index contributed by atoms with van der Waals surface area (Å²) in [5, 5.41) is 0. The second-order valence-corrected chi connectivity index (χ2v) is 7.74. The van der Waals surface area contributed by atoms with Gasteiger partial charge in [-0.05, 0) is 43.3 Å². The van der Waals surface area contributed by atoms with Crippen molar-refractivity contribution in [1.82, 2.24) is 14.7 Å². The summed E-state index contributed by atoms with van der Waals surface area (Å²) in [6.45, 7) is 2.38. The number of benzene rings is 2. The summed E-state index contributed by atoms with van der Waals surface area (Å²) in [4.78, 5) is 36.6. The van der Waals surface area contributed by atoms with Gasteiger partial charge in [0.15, 0.2) is 12.2 Å². The fourth-order valence-electron chi connectivity index (χ4n) is 4.30. The molecule has 8 nitrogen and oxygen atoms in total. The third-order valence-electron chi connectivity index (χ3n) is 5.88. The van der Waals surface area contributed by atoms with Gasteiger partial charge in [0.1, 0.15) is 11.6 Å². The number of anilines is 1. The molecule has 0 aromatic heterocycles. The molecule has 1 fully saturated rings. The maximum Gasteiger partial charge on any atom is 0.328 e. The first kappa shape index (κ1) is 20.0. The number of hydrogen-bond acceptors (Lipinski definition) is 6. The SMILES string of the molecule is CCOc1ccccc1N1C(c2ccc(F)cc2)=CN2C1=NC1C2C(=O)N(C)C(=O)N1C. The van der Waals surface area contributed by atoms with Crippen LogP contribution in [0.3, 0.4) is 0 Å². The van der Waals surface area contributed by atoms with Crippen LogP contribution in [0, 0.1) is 5.82 Å². The van der Waals surface area contributed by atoms with Gasteiger partial charge in [-0.15, -0.1) is 0 Å². The number of urea groups is 1. The minimum Gasteiger partial charge on any atom is -0.492 e. The number of ether oxygens (including phenoxy) is 1. The maximum absolute atomic E-state index is 13.6. The number of guanidine groups is 1. The quantitative estimate of drug-likeness (QED) is 0.739. The van der Waals surface area contributed by atoms with E-state index in [0.717, 1.165) is 21.8 Å². The van der Waals surface area contributed by atoms with E-state index in [2.05, 4.69) is 0 Å². The highest BCUT2D eigenvalue weighted by Gasteiger charge is 2.54. The summed E-state index contributed by atoms with van der Waals surface area (Å²) in [6, 6.07) is 12.6. The lowest BCUT2D eigenvalue weighted by molar-refractivity contribution is -0.135. The number of halogens is 1. The van der Waals surface area contributed by atoms with Crippen molar-refractivity contribution in [1.29, 1.82) is 0 Å². The smallest absolute Gasteiger partial charge is 0.328 e. The highest BCUT2D eigenvalue weighted by Crippen LogP contribution is 2.42. The largest absolute Gasteiger partial charge is 0.492 e. The number of imide groups is 1. The molecular formula is C23H22FN5O3. The van der Waals surface area contributed by atoms with E-state index in [4.69, 9.17) is 9.73 Å². The van der Waals surface area contributed by atoms with Crippen molar-refractivity contribution in [3.8, 4) is 5.75 Å². The number of carbonyl (C=O) groups is 2. The van der Waals surface area contributed by atoms with Crippen molar-refractivity contribution in [2.75, 3.05) is 25.6 Å². The number of rotatable bonds is 4. The molecule has 0 N–H and O–H groups in total. The number of likely N-dealkylation sites (N-methyl/N-ethyl adjacent to an activating group) is 2. The number of para-hydroxylation sites is 2. The minimum atomic E-state index is -0.683. The molecule has 9 heteroatoms. The fourth-order valence-corrected chi connectivity index (χ4v) is 4.30. The number of hydrogen-bond donors (Lipinski definition) is 0. The molecule has 2 aromatic carbocycles. The number of nitrogens with zero attached hydrogens (tertiary/aromatic N) is 5. The van der Waals surface area contributed by atoms with Crippen LogP contribution < -0.4 is 9.64 Å². The number of aliphatic imine (C=N–C) groups is 1. The minimum absolute atomic E-state index is 0.327. The molecule has 3 amide bonds. The first-order valence-corrected chi connectivity index (χ1v) is 10.3. The Labute approximate surface area is 184 Å². The van der Waals surface area contributed by atoms with Crippen molar-refractivity contribution in [2.45, 2.75) is 19.1 Å². The van der Waals surface area contributed by atoms with Gasteiger partial charge in [-0.25, -0.2) is 14.2 Å². The topological polar surface area (TPSA) is 68.7 Å². The second-order valence-electron chi connectivity index (χ2n) is 7.74. The lowest BCUT2D eigenvalue weighted by Crippen LogP contribution is -2.63. The fraction of sp³-hybridized carbons (Fsp3) is 0.261.